The van der Waals surface area contributed by atoms with Gasteiger partial charge < -0.3 is 14.5 Å². The van der Waals surface area contributed by atoms with E-state index in [1.807, 2.05) is 52.2 Å². The fourth-order valence-corrected chi connectivity index (χ4v) is 3.43. The normalized spacial score (nSPS) is 12.4. The van der Waals surface area contributed by atoms with Gasteiger partial charge in [0.05, 0.1) is 5.52 Å². The smallest absolute Gasteiger partial charge is 0.243 e. The van der Waals surface area contributed by atoms with Crippen LogP contribution < -0.4 is 5.32 Å². The minimum absolute atomic E-state index is 0.0212. The summed E-state index contributed by atoms with van der Waals surface area (Å²) in [6.45, 7) is 1.12. The van der Waals surface area contributed by atoms with E-state index in [2.05, 4.69) is 5.32 Å². The molecule has 3 aromatic rings. The Morgan fingerprint density at radius 1 is 1.24 bits per heavy atom. The van der Waals surface area contributed by atoms with Crippen molar-refractivity contribution >= 4 is 28.6 Å². The highest BCUT2D eigenvalue weighted by Crippen LogP contribution is 2.17. The molecule has 3 rings (SSSR count). The zero-order valence-corrected chi connectivity index (χ0v) is 15.0. The molecule has 1 unspecified atom stereocenters. The molecule has 1 atom stereocenters. The molecule has 1 amide bonds. The molecule has 1 N–H and O–H groups in total. The second kappa shape index (κ2) is 8.25. The van der Waals surface area contributed by atoms with Gasteiger partial charge in [-0.05, 0) is 60.2 Å². The first-order valence-corrected chi connectivity index (χ1v) is 9.72. The summed E-state index contributed by atoms with van der Waals surface area (Å²) >= 11 is 1.74. The topological polar surface area (TPSA) is 39.0 Å². The van der Waals surface area contributed by atoms with Crippen LogP contribution in [0, 0.1) is 5.82 Å². The first-order chi connectivity index (χ1) is 12.2. The lowest BCUT2D eigenvalue weighted by Gasteiger charge is -2.18. The van der Waals surface area contributed by atoms with Gasteiger partial charge >= 0.3 is 0 Å². The number of carbonyl (C=O) groups is 1. The SMILES string of the molecule is CSCCC(C(=O)NCCn1ccc2ccc(F)cc21)n1cccc1. The number of nitrogens with zero attached hydrogens (tertiary/aromatic N) is 2. The summed E-state index contributed by atoms with van der Waals surface area (Å²) in [7, 11) is 0. The Kier molecular flexibility index (Phi) is 5.81. The molecule has 0 saturated carbocycles. The van der Waals surface area contributed by atoms with Crippen molar-refractivity contribution in [3.8, 4) is 0 Å². The highest BCUT2D eigenvalue weighted by molar-refractivity contribution is 7.98. The Morgan fingerprint density at radius 3 is 2.80 bits per heavy atom. The second-order valence-electron chi connectivity index (χ2n) is 5.93. The number of thioether (sulfide) groups is 1. The van der Waals surface area contributed by atoms with Crippen LogP contribution in [-0.2, 0) is 11.3 Å². The van der Waals surface area contributed by atoms with Crippen LogP contribution in [0.5, 0.6) is 0 Å². The highest BCUT2D eigenvalue weighted by atomic mass is 32.2. The van der Waals surface area contributed by atoms with E-state index in [4.69, 9.17) is 0 Å². The summed E-state index contributed by atoms with van der Waals surface area (Å²) in [5.41, 5.74) is 0.846. The van der Waals surface area contributed by atoms with Crippen molar-refractivity contribution in [1.82, 2.24) is 14.5 Å². The van der Waals surface area contributed by atoms with Gasteiger partial charge in [-0.1, -0.05) is 0 Å². The number of hydrogen-bond acceptors (Lipinski definition) is 2. The number of nitrogens with one attached hydrogen (secondary N) is 1. The first kappa shape index (κ1) is 17.6. The molecule has 0 aliphatic heterocycles. The van der Waals surface area contributed by atoms with Gasteiger partial charge in [-0.3, -0.25) is 4.79 Å². The molecule has 6 heteroatoms. The molecule has 0 spiro atoms. The second-order valence-corrected chi connectivity index (χ2v) is 6.92. The molecule has 2 aromatic heterocycles. The maximum atomic E-state index is 13.4. The molecule has 0 aliphatic carbocycles. The third kappa shape index (κ3) is 4.25. The lowest BCUT2D eigenvalue weighted by atomic mass is 10.2. The van der Waals surface area contributed by atoms with Gasteiger partial charge in [0.15, 0.2) is 0 Å². The predicted octanol–water partition coefficient (Wildman–Crippen LogP) is 3.69. The largest absolute Gasteiger partial charge is 0.353 e. The molecule has 0 fully saturated rings. The molecule has 25 heavy (non-hydrogen) atoms. The van der Waals surface area contributed by atoms with Gasteiger partial charge in [0.2, 0.25) is 5.91 Å². The standard InChI is InChI=1S/C19H22FN3OS/c1-25-13-7-17(22-9-2-3-10-22)19(24)21-8-12-23-11-6-15-4-5-16(20)14-18(15)23/h2-6,9-11,14,17H,7-8,12-13H2,1H3,(H,21,24). The highest BCUT2D eigenvalue weighted by Gasteiger charge is 2.18. The number of rotatable bonds is 8. The summed E-state index contributed by atoms with van der Waals surface area (Å²) in [4.78, 5) is 12.6. The van der Waals surface area contributed by atoms with Crippen LogP contribution in [0.1, 0.15) is 12.5 Å². The summed E-state index contributed by atoms with van der Waals surface area (Å²) in [6, 6.07) is 10.4. The van der Waals surface area contributed by atoms with Crippen LogP contribution in [0.15, 0.2) is 55.0 Å². The van der Waals surface area contributed by atoms with E-state index < -0.39 is 0 Å². The summed E-state index contributed by atoms with van der Waals surface area (Å²) in [5.74, 6) is 0.701. The Hall–Kier alpha value is -2.21. The number of benzene rings is 1. The van der Waals surface area contributed by atoms with Gasteiger partial charge in [-0.2, -0.15) is 11.8 Å². The molecule has 0 aliphatic rings. The molecule has 0 bridgehead atoms. The Morgan fingerprint density at radius 2 is 2.04 bits per heavy atom. The monoisotopic (exact) mass is 359 g/mol. The first-order valence-electron chi connectivity index (χ1n) is 8.32. The van der Waals surface area contributed by atoms with E-state index in [-0.39, 0.29) is 17.8 Å². The molecule has 2 heterocycles. The number of aromatic nitrogens is 2. The van der Waals surface area contributed by atoms with E-state index in [0.717, 1.165) is 23.1 Å². The van der Waals surface area contributed by atoms with Gasteiger partial charge in [-0.15, -0.1) is 0 Å². The fraction of sp³-hybridized carbons (Fsp3) is 0.316. The molecular formula is C19H22FN3OS. The molecular weight excluding hydrogens is 337 g/mol. The fourth-order valence-electron chi connectivity index (χ4n) is 2.97. The van der Waals surface area contributed by atoms with E-state index in [1.165, 1.54) is 12.1 Å². The Balaban J connectivity index is 1.61. The Labute approximate surface area is 151 Å². The minimum atomic E-state index is -0.249. The van der Waals surface area contributed by atoms with Crippen molar-refractivity contribution < 1.29 is 9.18 Å². The van der Waals surface area contributed by atoms with Crippen LogP contribution in [0.3, 0.4) is 0 Å². The van der Waals surface area contributed by atoms with Crippen LogP contribution in [0.25, 0.3) is 10.9 Å². The molecule has 4 nitrogen and oxygen atoms in total. The van der Waals surface area contributed by atoms with E-state index in [9.17, 15) is 9.18 Å². The van der Waals surface area contributed by atoms with Crippen molar-refractivity contribution in [1.29, 1.82) is 0 Å². The average molecular weight is 359 g/mol. The third-order valence-electron chi connectivity index (χ3n) is 4.27. The zero-order valence-electron chi connectivity index (χ0n) is 14.2. The molecule has 0 radical (unpaired) electrons. The number of carbonyl (C=O) groups excluding carboxylic acids is 1. The maximum absolute atomic E-state index is 13.4. The van der Waals surface area contributed by atoms with Crippen molar-refractivity contribution in [2.75, 3.05) is 18.6 Å². The van der Waals surface area contributed by atoms with Crippen LogP contribution >= 0.6 is 11.8 Å². The van der Waals surface area contributed by atoms with Gasteiger partial charge in [0, 0.05) is 31.7 Å². The number of hydrogen-bond donors (Lipinski definition) is 1. The third-order valence-corrected chi connectivity index (χ3v) is 4.92. The minimum Gasteiger partial charge on any atom is -0.353 e. The summed E-state index contributed by atoms with van der Waals surface area (Å²) < 4.78 is 17.4. The van der Waals surface area contributed by atoms with E-state index in [0.29, 0.717) is 13.1 Å². The van der Waals surface area contributed by atoms with E-state index in [1.54, 1.807) is 17.8 Å². The Bertz CT molecular complexity index is 828. The van der Waals surface area contributed by atoms with Crippen LogP contribution in [-0.4, -0.2) is 33.6 Å². The van der Waals surface area contributed by atoms with Crippen molar-refractivity contribution in [2.24, 2.45) is 0 Å². The lowest BCUT2D eigenvalue weighted by Crippen LogP contribution is -2.34. The molecule has 1 aromatic carbocycles. The quantitative estimate of drug-likeness (QED) is 0.666. The van der Waals surface area contributed by atoms with Crippen molar-refractivity contribution in [3.05, 3.63) is 60.8 Å². The maximum Gasteiger partial charge on any atom is 0.243 e. The summed E-state index contributed by atoms with van der Waals surface area (Å²) in [5, 5.41) is 4.01. The molecule has 132 valence electrons. The van der Waals surface area contributed by atoms with Gasteiger partial charge in [0.25, 0.3) is 0 Å². The lowest BCUT2D eigenvalue weighted by molar-refractivity contribution is -0.124. The van der Waals surface area contributed by atoms with Crippen LogP contribution in [0.2, 0.25) is 0 Å². The number of fused-ring (bicyclic) bond motifs is 1. The number of amides is 1. The predicted molar refractivity (Wildman–Crippen MR) is 101 cm³/mol. The van der Waals surface area contributed by atoms with Crippen LogP contribution in [0.4, 0.5) is 4.39 Å². The number of halogens is 1. The average Bonchev–Trinajstić information content (AvgIpc) is 3.26. The summed E-state index contributed by atoms with van der Waals surface area (Å²) in [6.07, 6.45) is 8.60. The van der Waals surface area contributed by atoms with Crippen molar-refractivity contribution in [3.63, 3.8) is 0 Å². The van der Waals surface area contributed by atoms with Gasteiger partial charge in [-0.25, -0.2) is 4.39 Å². The van der Waals surface area contributed by atoms with Gasteiger partial charge in [0.1, 0.15) is 11.9 Å². The zero-order chi connectivity index (χ0) is 17.6. The van der Waals surface area contributed by atoms with Crippen molar-refractivity contribution in [2.45, 2.75) is 19.0 Å². The molecule has 0 saturated heterocycles. The van der Waals surface area contributed by atoms with E-state index >= 15 is 0 Å².